The molecule has 21 heavy (non-hydrogen) atoms. The van der Waals surface area contributed by atoms with E-state index in [1.807, 2.05) is 18.8 Å². The fourth-order valence-corrected chi connectivity index (χ4v) is 4.58. The maximum atomic E-state index is 10.8. The van der Waals surface area contributed by atoms with Gasteiger partial charge in [-0.25, -0.2) is 0 Å². The molecule has 2 nitrogen and oxygen atoms in total. The van der Waals surface area contributed by atoms with Crippen LogP contribution in [0.25, 0.3) is 10.8 Å². The third kappa shape index (κ3) is 3.25. The van der Waals surface area contributed by atoms with E-state index < -0.39 is 0 Å². The van der Waals surface area contributed by atoms with Gasteiger partial charge in [0.25, 0.3) is 0 Å². The highest BCUT2D eigenvalue weighted by atomic mass is 32.2. The van der Waals surface area contributed by atoms with E-state index in [4.69, 9.17) is 0 Å². The molecule has 2 aromatic carbocycles. The minimum absolute atomic E-state index is 0.162. The van der Waals surface area contributed by atoms with Crippen LogP contribution >= 0.6 is 11.8 Å². The lowest BCUT2D eigenvalue weighted by Crippen LogP contribution is -2.34. The topological polar surface area (TPSA) is 32.3 Å². The molecule has 0 saturated carbocycles. The van der Waals surface area contributed by atoms with Gasteiger partial charge in [-0.05, 0) is 42.0 Å². The maximum absolute atomic E-state index is 10.8. The van der Waals surface area contributed by atoms with Gasteiger partial charge in [0.05, 0.1) is 6.10 Å². The van der Waals surface area contributed by atoms with Gasteiger partial charge in [-0.15, -0.1) is 0 Å². The van der Waals surface area contributed by atoms with Crippen LogP contribution in [-0.4, -0.2) is 35.8 Å². The predicted molar refractivity (Wildman–Crippen MR) is 92.1 cm³/mol. The Balaban J connectivity index is 1.90. The molecule has 2 aromatic rings. The number of rotatable bonds is 5. The molecule has 3 heteroatoms. The average molecular weight is 301 g/mol. The van der Waals surface area contributed by atoms with Crippen LogP contribution in [0.4, 0.5) is 0 Å². The summed E-state index contributed by atoms with van der Waals surface area (Å²) in [5.41, 5.74) is 1.24. The molecule has 0 radical (unpaired) electrons. The van der Waals surface area contributed by atoms with Crippen LogP contribution < -0.4 is 5.32 Å². The summed E-state index contributed by atoms with van der Waals surface area (Å²) < 4.78 is 0. The quantitative estimate of drug-likeness (QED) is 0.888. The molecule has 3 rings (SSSR count). The van der Waals surface area contributed by atoms with Crippen LogP contribution in [0, 0.1) is 0 Å². The Hall–Kier alpha value is -1.03. The van der Waals surface area contributed by atoms with E-state index in [1.165, 1.54) is 28.5 Å². The lowest BCUT2D eigenvalue weighted by atomic mass is 9.89. The van der Waals surface area contributed by atoms with Crippen molar-refractivity contribution in [1.29, 1.82) is 0 Å². The van der Waals surface area contributed by atoms with E-state index in [1.54, 1.807) is 0 Å². The van der Waals surface area contributed by atoms with Crippen molar-refractivity contribution >= 4 is 22.5 Å². The molecule has 2 N–H and O–H groups in total. The largest absolute Gasteiger partial charge is 0.391 e. The van der Waals surface area contributed by atoms with Gasteiger partial charge in [0, 0.05) is 17.7 Å². The van der Waals surface area contributed by atoms with E-state index in [-0.39, 0.29) is 12.0 Å². The second-order valence-electron chi connectivity index (χ2n) is 5.81. The number of nitrogens with one attached hydrogen (secondary N) is 1. The van der Waals surface area contributed by atoms with Crippen molar-refractivity contribution in [2.75, 3.05) is 19.3 Å². The van der Waals surface area contributed by atoms with Crippen molar-refractivity contribution in [3.8, 4) is 0 Å². The zero-order valence-electron chi connectivity index (χ0n) is 12.5. The second-order valence-corrected chi connectivity index (χ2v) is 7.16. The SMILES string of the molecule is CNC[C@H](c1ccc2ccccc2c1)[C@H](O)C1CCCS1. The number of hydrogen-bond donors (Lipinski definition) is 2. The van der Waals surface area contributed by atoms with Gasteiger partial charge in [0.2, 0.25) is 0 Å². The predicted octanol–water partition coefficient (Wildman–Crippen LogP) is 3.40. The Kier molecular flexibility index (Phi) is 4.84. The third-order valence-corrected chi connectivity index (χ3v) is 5.85. The molecule has 1 aliphatic rings. The van der Waals surface area contributed by atoms with Gasteiger partial charge in [-0.3, -0.25) is 0 Å². The van der Waals surface area contributed by atoms with E-state index in [0.717, 1.165) is 13.0 Å². The molecule has 1 unspecified atom stereocenters. The lowest BCUT2D eigenvalue weighted by Gasteiger charge is -2.27. The summed E-state index contributed by atoms with van der Waals surface area (Å²) >= 11 is 1.93. The number of hydrogen-bond acceptors (Lipinski definition) is 3. The summed E-state index contributed by atoms with van der Waals surface area (Å²) in [5.74, 6) is 1.35. The number of aliphatic hydroxyl groups is 1. The fourth-order valence-electron chi connectivity index (χ4n) is 3.23. The Bertz CT molecular complexity index is 595. The summed E-state index contributed by atoms with van der Waals surface area (Å²) in [6.45, 7) is 0.816. The summed E-state index contributed by atoms with van der Waals surface area (Å²) in [7, 11) is 1.96. The fraction of sp³-hybridized carbons (Fsp3) is 0.444. The Labute approximate surface area is 130 Å². The van der Waals surface area contributed by atoms with E-state index >= 15 is 0 Å². The van der Waals surface area contributed by atoms with Crippen molar-refractivity contribution in [3.05, 3.63) is 48.0 Å². The molecule has 0 spiro atoms. The Morgan fingerprint density at radius 1 is 1.24 bits per heavy atom. The number of thioether (sulfide) groups is 1. The first kappa shape index (κ1) is 14.9. The lowest BCUT2D eigenvalue weighted by molar-refractivity contribution is 0.138. The van der Waals surface area contributed by atoms with Crippen molar-refractivity contribution in [2.45, 2.75) is 30.1 Å². The van der Waals surface area contributed by atoms with Crippen molar-refractivity contribution in [3.63, 3.8) is 0 Å². The zero-order valence-corrected chi connectivity index (χ0v) is 13.3. The second kappa shape index (κ2) is 6.82. The molecule has 1 fully saturated rings. The summed E-state index contributed by atoms with van der Waals surface area (Å²) in [6, 6.07) is 15.0. The highest BCUT2D eigenvalue weighted by molar-refractivity contribution is 8.00. The van der Waals surface area contributed by atoms with Gasteiger partial charge in [-0.2, -0.15) is 11.8 Å². The molecule has 0 amide bonds. The summed E-state index contributed by atoms with van der Waals surface area (Å²) in [4.78, 5) is 0. The molecule has 0 aliphatic carbocycles. The van der Waals surface area contributed by atoms with Gasteiger partial charge in [-0.1, -0.05) is 42.5 Å². The van der Waals surface area contributed by atoms with Gasteiger partial charge < -0.3 is 10.4 Å². The summed E-state index contributed by atoms with van der Waals surface area (Å²) in [5, 5.41) is 16.9. The van der Waals surface area contributed by atoms with Crippen molar-refractivity contribution in [1.82, 2.24) is 5.32 Å². The van der Waals surface area contributed by atoms with Crippen molar-refractivity contribution in [2.24, 2.45) is 0 Å². The molecule has 0 aromatic heterocycles. The molecule has 1 heterocycles. The van der Waals surface area contributed by atoms with Gasteiger partial charge in [0.1, 0.15) is 0 Å². The molecule has 112 valence electrons. The van der Waals surface area contributed by atoms with E-state index in [9.17, 15) is 5.11 Å². The first-order valence-electron chi connectivity index (χ1n) is 7.72. The molecular weight excluding hydrogens is 278 g/mol. The van der Waals surface area contributed by atoms with Crippen molar-refractivity contribution < 1.29 is 5.11 Å². The summed E-state index contributed by atoms with van der Waals surface area (Å²) in [6.07, 6.45) is 2.10. The van der Waals surface area contributed by atoms with Gasteiger partial charge >= 0.3 is 0 Å². The number of benzene rings is 2. The minimum Gasteiger partial charge on any atom is -0.391 e. The van der Waals surface area contributed by atoms with Crippen LogP contribution in [0.5, 0.6) is 0 Å². The third-order valence-electron chi connectivity index (χ3n) is 4.38. The first-order valence-corrected chi connectivity index (χ1v) is 8.77. The van der Waals surface area contributed by atoms with Crippen LogP contribution in [0.3, 0.4) is 0 Å². The molecule has 1 saturated heterocycles. The average Bonchev–Trinajstić information content (AvgIpc) is 3.06. The minimum atomic E-state index is -0.272. The number of likely N-dealkylation sites (N-methyl/N-ethyl adjacent to an activating group) is 1. The number of fused-ring (bicyclic) bond motifs is 1. The molecule has 3 atom stereocenters. The van der Waals surface area contributed by atoms with Crippen LogP contribution in [0.1, 0.15) is 24.3 Å². The molecular formula is C18H23NOS. The molecule has 1 aliphatic heterocycles. The normalized spacial score (nSPS) is 21.5. The highest BCUT2D eigenvalue weighted by Crippen LogP contribution is 2.35. The molecule has 0 bridgehead atoms. The van der Waals surface area contributed by atoms with Gasteiger partial charge in [0.15, 0.2) is 0 Å². The van der Waals surface area contributed by atoms with Crippen LogP contribution in [0.15, 0.2) is 42.5 Å². The monoisotopic (exact) mass is 301 g/mol. The first-order chi connectivity index (χ1) is 10.3. The van der Waals surface area contributed by atoms with E-state index in [0.29, 0.717) is 5.25 Å². The van der Waals surface area contributed by atoms with Crippen LogP contribution in [0.2, 0.25) is 0 Å². The zero-order chi connectivity index (χ0) is 14.7. The highest BCUT2D eigenvalue weighted by Gasteiger charge is 2.31. The smallest absolute Gasteiger partial charge is 0.0739 e. The number of aliphatic hydroxyl groups excluding tert-OH is 1. The van der Waals surface area contributed by atoms with Crippen LogP contribution in [-0.2, 0) is 0 Å². The standard InChI is InChI=1S/C18H23NOS/c1-19-12-16(18(20)17-7-4-10-21-17)15-9-8-13-5-2-3-6-14(13)11-15/h2-3,5-6,8-9,11,16-20H,4,7,10,12H2,1H3/t16-,17?,18+/m1/s1. The Morgan fingerprint density at radius 3 is 2.76 bits per heavy atom. The van der Waals surface area contributed by atoms with E-state index in [2.05, 4.69) is 47.8 Å². The Morgan fingerprint density at radius 2 is 2.05 bits per heavy atom. The maximum Gasteiger partial charge on any atom is 0.0739 e.